The van der Waals surface area contributed by atoms with E-state index in [9.17, 15) is 4.79 Å². The molecule has 52 valence electrons. The molecule has 0 aliphatic carbocycles. The second-order valence-corrected chi connectivity index (χ2v) is 1.78. The van der Waals surface area contributed by atoms with Crippen molar-refractivity contribution in [1.29, 1.82) is 0 Å². The Morgan fingerprint density at radius 3 is 2.67 bits per heavy atom. The number of amides is 1. The molecule has 9 heavy (non-hydrogen) atoms. The van der Waals surface area contributed by atoms with Crippen LogP contribution < -0.4 is 5.43 Å². The van der Waals surface area contributed by atoms with E-state index < -0.39 is 0 Å². The van der Waals surface area contributed by atoms with E-state index in [2.05, 4.69) is 17.2 Å². The van der Waals surface area contributed by atoms with Gasteiger partial charge in [0.2, 0.25) is 5.91 Å². The summed E-state index contributed by atoms with van der Waals surface area (Å²) in [5.41, 5.74) is 2.45. The standard InChI is InChI=1S/C5H11N3O/c1-6-7-4-5(9)8(2)3/h7H,1,4H2,2-3H3. The van der Waals surface area contributed by atoms with E-state index in [1.807, 2.05) is 0 Å². The maximum atomic E-state index is 10.7. The quantitative estimate of drug-likeness (QED) is 0.403. The number of carbonyl (C=O) groups is 1. The largest absolute Gasteiger partial charge is 0.347 e. The molecule has 0 bridgehead atoms. The Kier molecular flexibility index (Phi) is 3.43. The molecule has 0 aliphatic rings. The van der Waals surface area contributed by atoms with Crippen molar-refractivity contribution in [3.63, 3.8) is 0 Å². The summed E-state index contributed by atoms with van der Waals surface area (Å²) in [5.74, 6) is -0.0117. The Balaban J connectivity index is 3.38. The van der Waals surface area contributed by atoms with Gasteiger partial charge in [0.1, 0.15) is 6.54 Å². The Hall–Kier alpha value is -1.06. The average Bonchev–Trinajstić information content (AvgIpc) is 1.82. The highest BCUT2D eigenvalue weighted by atomic mass is 16.2. The number of hydrogen-bond donors (Lipinski definition) is 1. The van der Waals surface area contributed by atoms with Crippen molar-refractivity contribution >= 4 is 12.6 Å². The van der Waals surface area contributed by atoms with Gasteiger partial charge in [0, 0.05) is 20.8 Å². The molecule has 1 N–H and O–H groups in total. The summed E-state index contributed by atoms with van der Waals surface area (Å²) in [6.45, 7) is 3.38. The summed E-state index contributed by atoms with van der Waals surface area (Å²) in [5, 5.41) is 3.31. The number of hydrazone groups is 1. The molecule has 0 aromatic heterocycles. The lowest BCUT2D eigenvalue weighted by Gasteiger charge is -2.08. The van der Waals surface area contributed by atoms with Crippen LogP contribution in [0.1, 0.15) is 0 Å². The van der Waals surface area contributed by atoms with Gasteiger partial charge in [-0.1, -0.05) is 0 Å². The lowest BCUT2D eigenvalue weighted by atomic mass is 10.6. The molecule has 0 aliphatic heterocycles. The molecular formula is C5H11N3O. The summed E-state index contributed by atoms with van der Waals surface area (Å²) in [6, 6.07) is 0. The van der Waals surface area contributed by atoms with Crippen LogP contribution in [0.3, 0.4) is 0 Å². The number of nitrogens with one attached hydrogen (secondary N) is 1. The highest BCUT2D eigenvalue weighted by molar-refractivity contribution is 5.77. The fourth-order valence-corrected chi connectivity index (χ4v) is 0.282. The first-order chi connectivity index (χ1) is 4.18. The fraction of sp³-hybridized carbons (Fsp3) is 0.600. The van der Waals surface area contributed by atoms with Crippen LogP contribution in [-0.4, -0.2) is 38.2 Å². The van der Waals surface area contributed by atoms with Crippen molar-refractivity contribution in [1.82, 2.24) is 10.3 Å². The first-order valence-electron chi connectivity index (χ1n) is 2.57. The molecule has 1 amide bonds. The van der Waals surface area contributed by atoms with Crippen LogP contribution in [0.4, 0.5) is 0 Å². The maximum Gasteiger partial charge on any atom is 0.243 e. The predicted octanol–water partition coefficient (Wildman–Crippen LogP) is -0.720. The van der Waals surface area contributed by atoms with Crippen molar-refractivity contribution in [3.8, 4) is 0 Å². The van der Waals surface area contributed by atoms with E-state index in [0.717, 1.165) is 0 Å². The van der Waals surface area contributed by atoms with E-state index in [1.54, 1.807) is 14.1 Å². The normalized spacial score (nSPS) is 8.22. The zero-order valence-electron chi connectivity index (χ0n) is 5.72. The minimum absolute atomic E-state index is 0.0117. The van der Waals surface area contributed by atoms with Crippen LogP contribution in [0, 0.1) is 0 Å². The molecule has 0 saturated carbocycles. The molecule has 0 heterocycles. The highest BCUT2D eigenvalue weighted by Gasteiger charge is 1.99. The Bertz CT molecular complexity index is 111. The molecule has 4 heteroatoms. The van der Waals surface area contributed by atoms with Crippen LogP contribution in [0.25, 0.3) is 0 Å². The number of hydrogen-bond acceptors (Lipinski definition) is 3. The molecule has 4 nitrogen and oxygen atoms in total. The van der Waals surface area contributed by atoms with Crippen LogP contribution in [0.5, 0.6) is 0 Å². The lowest BCUT2D eigenvalue weighted by Crippen LogP contribution is -2.30. The molecular weight excluding hydrogens is 118 g/mol. The predicted molar refractivity (Wildman–Crippen MR) is 36.2 cm³/mol. The minimum atomic E-state index is -0.0117. The van der Waals surface area contributed by atoms with E-state index in [4.69, 9.17) is 0 Å². The van der Waals surface area contributed by atoms with Gasteiger partial charge >= 0.3 is 0 Å². The minimum Gasteiger partial charge on any atom is -0.347 e. The van der Waals surface area contributed by atoms with Gasteiger partial charge in [0.25, 0.3) is 0 Å². The first kappa shape index (κ1) is 7.94. The van der Waals surface area contributed by atoms with Gasteiger partial charge in [0.15, 0.2) is 0 Å². The van der Waals surface area contributed by atoms with Crippen LogP contribution in [0.15, 0.2) is 5.10 Å². The van der Waals surface area contributed by atoms with Gasteiger partial charge in [-0.15, -0.1) is 0 Å². The summed E-state index contributed by atoms with van der Waals surface area (Å²) < 4.78 is 0. The van der Waals surface area contributed by atoms with Gasteiger partial charge in [-0.3, -0.25) is 4.79 Å². The van der Waals surface area contributed by atoms with E-state index in [1.165, 1.54) is 4.90 Å². The molecule has 0 fully saturated rings. The van der Waals surface area contributed by atoms with Crippen molar-refractivity contribution in [2.75, 3.05) is 20.6 Å². The van der Waals surface area contributed by atoms with Crippen molar-refractivity contribution in [3.05, 3.63) is 0 Å². The molecule has 0 aromatic carbocycles. The summed E-state index contributed by atoms with van der Waals surface area (Å²) >= 11 is 0. The summed E-state index contributed by atoms with van der Waals surface area (Å²) in [7, 11) is 3.38. The number of nitrogens with zero attached hydrogens (tertiary/aromatic N) is 2. The van der Waals surface area contributed by atoms with Crippen LogP contribution in [0.2, 0.25) is 0 Å². The van der Waals surface area contributed by atoms with Crippen LogP contribution >= 0.6 is 0 Å². The third-order valence-corrected chi connectivity index (χ3v) is 0.841. The van der Waals surface area contributed by atoms with Crippen molar-refractivity contribution in [2.24, 2.45) is 5.10 Å². The van der Waals surface area contributed by atoms with Crippen molar-refractivity contribution < 1.29 is 4.79 Å². The average molecular weight is 129 g/mol. The van der Waals surface area contributed by atoms with E-state index in [0.29, 0.717) is 0 Å². The maximum absolute atomic E-state index is 10.7. The lowest BCUT2D eigenvalue weighted by molar-refractivity contribution is -0.127. The first-order valence-corrected chi connectivity index (χ1v) is 2.57. The molecule has 0 saturated heterocycles. The molecule has 0 radical (unpaired) electrons. The van der Waals surface area contributed by atoms with Gasteiger partial charge in [-0.25, -0.2) is 0 Å². The molecule has 0 rings (SSSR count). The van der Waals surface area contributed by atoms with Gasteiger partial charge in [0.05, 0.1) is 0 Å². The fourth-order valence-electron chi connectivity index (χ4n) is 0.282. The Labute approximate surface area is 54.5 Å². The van der Waals surface area contributed by atoms with E-state index in [-0.39, 0.29) is 12.5 Å². The second kappa shape index (κ2) is 3.88. The van der Waals surface area contributed by atoms with E-state index >= 15 is 0 Å². The Morgan fingerprint density at radius 2 is 2.33 bits per heavy atom. The summed E-state index contributed by atoms with van der Waals surface area (Å²) in [4.78, 5) is 12.2. The molecule has 0 unspecified atom stereocenters. The third-order valence-electron chi connectivity index (χ3n) is 0.841. The van der Waals surface area contributed by atoms with Gasteiger partial charge < -0.3 is 10.3 Å². The topological polar surface area (TPSA) is 44.7 Å². The third kappa shape index (κ3) is 3.52. The number of rotatable bonds is 3. The second-order valence-electron chi connectivity index (χ2n) is 1.78. The molecule has 0 aromatic rings. The van der Waals surface area contributed by atoms with Gasteiger partial charge in [-0.05, 0) is 0 Å². The van der Waals surface area contributed by atoms with Crippen molar-refractivity contribution in [2.45, 2.75) is 0 Å². The zero-order valence-corrected chi connectivity index (χ0v) is 5.72. The molecule has 0 atom stereocenters. The SMILES string of the molecule is C=NNCC(=O)N(C)C. The summed E-state index contributed by atoms with van der Waals surface area (Å²) in [6.07, 6.45) is 0. The Morgan fingerprint density at radius 1 is 1.78 bits per heavy atom. The number of carbonyl (C=O) groups excluding carboxylic acids is 1. The smallest absolute Gasteiger partial charge is 0.243 e. The van der Waals surface area contributed by atoms with Gasteiger partial charge in [-0.2, -0.15) is 5.10 Å². The van der Waals surface area contributed by atoms with Crippen LogP contribution in [-0.2, 0) is 4.79 Å². The highest BCUT2D eigenvalue weighted by Crippen LogP contribution is 1.73. The number of likely N-dealkylation sites (N-methyl/N-ethyl adjacent to an activating group) is 1. The monoisotopic (exact) mass is 129 g/mol. The molecule has 0 spiro atoms. The zero-order chi connectivity index (χ0) is 7.28.